The molecule has 3 atom stereocenters. The molecule has 0 spiro atoms. The minimum atomic E-state index is -0.774. The van der Waals surface area contributed by atoms with E-state index in [4.69, 9.17) is 16.7 Å². The van der Waals surface area contributed by atoms with Crippen LogP contribution in [0.3, 0.4) is 0 Å². The van der Waals surface area contributed by atoms with E-state index in [1.165, 1.54) is 0 Å². The molecular formula is C17H20ClNO3S. The summed E-state index contributed by atoms with van der Waals surface area (Å²) in [4.78, 5) is 26.0. The molecule has 2 fully saturated rings. The van der Waals surface area contributed by atoms with Crippen LogP contribution < -0.4 is 0 Å². The van der Waals surface area contributed by atoms with Gasteiger partial charge in [0.25, 0.3) is 0 Å². The highest BCUT2D eigenvalue weighted by molar-refractivity contribution is 7.99. The van der Waals surface area contributed by atoms with E-state index in [-0.39, 0.29) is 23.8 Å². The van der Waals surface area contributed by atoms with Crippen molar-refractivity contribution in [3.63, 3.8) is 0 Å². The van der Waals surface area contributed by atoms with Gasteiger partial charge >= 0.3 is 5.97 Å². The minimum Gasteiger partial charge on any atom is -0.481 e. The Balaban J connectivity index is 1.75. The molecule has 1 N–H and O–H groups in total. The molecule has 1 unspecified atom stereocenters. The number of carbonyl (C=O) groups excluding carboxylic acids is 1. The van der Waals surface area contributed by atoms with E-state index in [1.807, 2.05) is 40.9 Å². The molecule has 1 saturated heterocycles. The van der Waals surface area contributed by atoms with Gasteiger partial charge in [0.1, 0.15) is 0 Å². The number of hydrogen-bond acceptors (Lipinski definition) is 3. The Hall–Kier alpha value is -1.20. The van der Waals surface area contributed by atoms with Crippen molar-refractivity contribution in [3.8, 4) is 0 Å². The summed E-state index contributed by atoms with van der Waals surface area (Å²) in [5, 5.41) is 9.83. The van der Waals surface area contributed by atoms with Crippen LogP contribution in [0.5, 0.6) is 0 Å². The van der Waals surface area contributed by atoms with Gasteiger partial charge in [-0.05, 0) is 37.0 Å². The normalized spacial score (nSPS) is 27.9. The van der Waals surface area contributed by atoms with Gasteiger partial charge in [-0.2, -0.15) is 11.8 Å². The van der Waals surface area contributed by atoms with Crippen LogP contribution in [0, 0.1) is 11.8 Å². The molecule has 124 valence electrons. The zero-order chi connectivity index (χ0) is 16.4. The molecule has 4 nitrogen and oxygen atoms in total. The van der Waals surface area contributed by atoms with Crippen LogP contribution in [0.4, 0.5) is 0 Å². The van der Waals surface area contributed by atoms with Crippen LogP contribution in [-0.4, -0.2) is 39.9 Å². The van der Waals surface area contributed by atoms with Gasteiger partial charge in [-0.3, -0.25) is 9.59 Å². The second-order valence-electron chi connectivity index (χ2n) is 6.22. The second-order valence-corrected chi connectivity index (χ2v) is 7.81. The highest BCUT2D eigenvalue weighted by Crippen LogP contribution is 2.37. The van der Waals surface area contributed by atoms with Gasteiger partial charge in [-0.25, -0.2) is 0 Å². The maximum atomic E-state index is 12.9. The highest BCUT2D eigenvalue weighted by atomic mass is 35.5. The van der Waals surface area contributed by atoms with Crippen LogP contribution in [0.15, 0.2) is 24.3 Å². The van der Waals surface area contributed by atoms with Gasteiger partial charge in [0.2, 0.25) is 5.91 Å². The zero-order valence-electron chi connectivity index (χ0n) is 12.8. The third-order valence-corrected chi connectivity index (χ3v) is 6.07. The third kappa shape index (κ3) is 3.66. The molecule has 6 heteroatoms. The van der Waals surface area contributed by atoms with Gasteiger partial charge in [0, 0.05) is 29.0 Å². The number of halogens is 1. The Morgan fingerprint density at radius 2 is 1.87 bits per heavy atom. The van der Waals surface area contributed by atoms with E-state index in [1.54, 1.807) is 0 Å². The number of carbonyl (C=O) groups is 2. The lowest BCUT2D eigenvalue weighted by Gasteiger charge is -2.37. The zero-order valence-corrected chi connectivity index (χ0v) is 14.4. The minimum absolute atomic E-state index is 0.0578. The van der Waals surface area contributed by atoms with Gasteiger partial charge in [-0.15, -0.1) is 0 Å². The van der Waals surface area contributed by atoms with E-state index in [0.29, 0.717) is 24.3 Å². The van der Waals surface area contributed by atoms with Crippen LogP contribution in [0.25, 0.3) is 0 Å². The SMILES string of the molecule is O=C(O)[C@@H]1CC[C@H](C(=O)N2CCSCC2c2ccc(Cl)cc2)C1. The fraction of sp³-hybridized carbons (Fsp3) is 0.529. The van der Waals surface area contributed by atoms with E-state index in [9.17, 15) is 9.59 Å². The van der Waals surface area contributed by atoms with Crippen molar-refractivity contribution < 1.29 is 14.7 Å². The number of rotatable bonds is 3. The third-order valence-electron chi connectivity index (χ3n) is 4.80. The van der Waals surface area contributed by atoms with Crippen molar-refractivity contribution in [3.05, 3.63) is 34.9 Å². The quantitative estimate of drug-likeness (QED) is 0.904. The van der Waals surface area contributed by atoms with E-state index in [0.717, 1.165) is 23.6 Å². The first kappa shape index (κ1) is 16.7. The molecule has 1 heterocycles. The molecule has 1 aliphatic heterocycles. The molecule has 1 amide bonds. The van der Waals surface area contributed by atoms with E-state index < -0.39 is 5.97 Å². The molecule has 1 saturated carbocycles. The fourth-order valence-corrected chi connectivity index (χ4v) is 4.71. The first-order chi connectivity index (χ1) is 11.1. The second kappa shape index (κ2) is 7.14. The van der Waals surface area contributed by atoms with Crippen molar-refractivity contribution in [1.29, 1.82) is 0 Å². The Morgan fingerprint density at radius 1 is 1.17 bits per heavy atom. The smallest absolute Gasteiger partial charge is 0.306 e. The lowest BCUT2D eigenvalue weighted by Crippen LogP contribution is -2.43. The number of benzene rings is 1. The summed E-state index contributed by atoms with van der Waals surface area (Å²) in [7, 11) is 0. The molecule has 1 aromatic carbocycles. The van der Waals surface area contributed by atoms with Crippen molar-refractivity contribution in [2.45, 2.75) is 25.3 Å². The van der Waals surface area contributed by atoms with Gasteiger partial charge in [-0.1, -0.05) is 23.7 Å². The molecule has 23 heavy (non-hydrogen) atoms. The van der Waals surface area contributed by atoms with Crippen LogP contribution in [0.1, 0.15) is 30.9 Å². The molecule has 0 radical (unpaired) electrons. The number of thioether (sulfide) groups is 1. The first-order valence-corrected chi connectivity index (χ1v) is 9.46. The van der Waals surface area contributed by atoms with Crippen molar-refractivity contribution >= 4 is 35.2 Å². The maximum absolute atomic E-state index is 12.9. The summed E-state index contributed by atoms with van der Waals surface area (Å²) in [6.07, 6.45) is 1.78. The average molecular weight is 354 g/mol. The molecule has 0 aromatic heterocycles. The number of carboxylic acids is 1. The summed E-state index contributed by atoms with van der Waals surface area (Å²) in [6.45, 7) is 0.727. The van der Waals surface area contributed by atoms with Gasteiger partial charge < -0.3 is 10.0 Å². The standard InChI is InChI=1S/C17H20ClNO3S/c18-14-5-3-11(4-6-14)15-10-23-8-7-19(15)16(20)12-1-2-13(9-12)17(21)22/h3-6,12-13,15H,1-2,7-10H2,(H,21,22)/t12-,13+,15?/m0/s1. The molecule has 0 bridgehead atoms. The van der Waals surface area contributed by atoms with E-state index in [2.05, 4.69) is 0 Å². The number of aliphatic carboxylic acids is 1. The average Bonchev–Trinajstić information content (AvgIpc) is 3.05. The largest absolute Gasteiger partial charge is 0.481 e. The van der Waals surface area contributed by atoms with Crippen LogP contribution >= 0.6 is 23.4 Å². The predicted octanol–water partition coefficient (Wildman–Crippen LogP) is 3.46. The summed E-state index contributed by atoms with van der Waals surface area (Å²) in [5.41, 5.74) is 1.10. The lowest BCUT2D eigenvalue weighted by atomic mass is 10.0. The lowest BCUT2D eigenvalue weighted by molar-refractivity contribution is -0.142. The van der Waals surface area contributed by atoms with Crippen LogP contribution in [-0.2, 0) is 9.59 Å². The van der Waals surface area contributed by atoms with Crippen molar-refractivity contribution in [2.24, 2.45) is 11.8 Å². The Labute approximate surface area is 145 Å². The number of hydrogen-bond donors (Lipinski definition) is 1. The van der Waals surface area contributed by atoms with Crippen molar-refractivity contribution in [2.75, 3.05) is 18.1 Å². The Bertz CT molecular complexity index is 592. The van der Waals surface area contributed by atoms with Gasteiger partial charge in [0.05, 0.1) is 12.0 Å². The monoisotopic (exact) mass is 353 g/mol. The van der Waals surface area contributed by atoms with Crippen LogP contribution in [0.2, 0.25) is 5.02 Å². The fourth-order valence-electron chi connectivity index (χ4n) is 3.49. The van der Waals surface area contributed by atoms with Crippen molar-refractivity contribution in [1.82, 2.24) is 4.90 Å². The van der Waals surface area contributed by atoms with E-state index >= 15 is 0 Å². The first-order valence-electron chi connectivity index (χ1n) is 7.92. The summed E-state index contributed by atoms with van der Waals surface area (Å²) >= 11 is 7.81. The Kier molecular flexibility index (Phi) is 5.17. The highest BCUT2D eigenvalue weighted by Gasteiger charge is 2.38. The predicted molar refractivity (Wildman–Crippen MR) is 91.7 cm³/mol. The maximum Gasteiger partial charge on any atom is 0.306 e. The summed E-state index contributed by atoms with van der Waals surface area (Å²) in [6, 6.07) is 7.73. The molecule has 3 rings (SSSR count). The molecular weight excluding hydrogens is 334 g/mol. The molecule has 1 aliphatic carbocycles. The summed E-state index contributed by atoms with van der Waals surface area (Å²) in [5.74, 6) is 0.650. The number of nitrogens with zero attached hydrogens (tertiary/aromatic N) is 1. The topological polar surface area (TPSA) is 57.6 Å². The summed E-state index contributed by atoms with van der Waals surface area (Å²) < 4.78 is 0. The number of amides is 1. The van der Waals surface area contributed by atoms with Gasteiger partial charge in [0.15, 0.2) is 0 Å². The number of carboxylic acid groups (broad SMARTS) is 1. The molecule has 1 aromatic rings. The molecule has 2 aliphatic rings. The Morgan fingerprint density at radius 3 is 2.52 bits per heavy atom.